The third kappa shape index (κ3) is 3.49. The molecule has 0 aliphatic carbocycles. The van der Waals surface area contributed by atoms with Crippen molar-refractivity contribution in [2.75, 3.05) is 18.4 Å². The molecule has 5 nitrogen and oxygen atoms in total. The highest BCUT2D eigenvalue weighted by molar-refractivity contribution is 6.32. The van der Waals surface area contributed by atoms with Gasteiger partial charge in [-0.25, -0.2) is 9.97 Å². The number of halogens is 1. The quantitative estimate of drug-likeness (QED) is 0.915. The standard InChI is InChI=1S/C15H17ClN4O/c16-14-15(19-12-6-2-1-5-11(12)18-14)20-13(21)8-10-4-3-7-17-9-10/h1-2,5-6,10,17H,3-4,7-9H2,(H,19,20,21). The van der Waals surface area contributed by atoms with Crippen molar-refractivity contribution in [1.29, 1.82) is 0 Å². The average Bonchev–Trinajstić information content (AvgIpc) is 2.49. The van der Waals surface area contributed by atoms with E-state index in [-0.39, 0.29) is 11.1 Å². The Bertz CT molecular complexity index is 655. The van der Waals surface area contributed by atoms with E-state index in [9.17, 15) is 4.79 Å². The van der Waals surface area contributed by atoms with Crippen LogP contribution in [-0.2, 0) is 4.79 Å². The summed E-state index contributed by atoms with van der Waals surface area (Å²) in [5.74, 6) is 0.658. The van der Waals surface area contributed by atoms with E-state index in [0.717, 1.165) is 37.0 Å². The summed E-state index contributed by atoms with van der Waals surface area (Å²) in [6, 6.07) is 7.44. The molecule has 2 heterocycles. The molecule has 110 valence electrons. The Morgan fingerprint density at radius 1 is 1.33 bits per heavy atom. The van der Waals surface area contributed by atoms with Crippen LogP contribution in [-0.4, -0.2) is 29.0 Å². The molecular weight excluding hydrogens is 288 g/mol. The molecule has 1 aromatic heterocycles. The molecule has 0 saturated carbocycles. The van der Waals surface area contributed by atoms with Crippen LogP contribution in [0.1, 0.15) is 19.3 Å². The summed E-state index contributed by atoms with van der Waals surface area (Å²) in [5, 5.41) is 6.31. The van der Waals surface area contributed by atoms with Gasteiger partial charge in [-0.2, -0.15) is 0 Å². The molecule has 0 spiro atoms. The van der Waals surface area contributed by atoms with Crippen molar-refractivity contribution >= 4 is 34.4 Å². The van der Waals surface area contributed by atoms with Crippen LogP contribution in [0.3, 0.4) is 0 Å². The molecule has 3 rings (SSSR count). The summed E-state index contributed by atoms with van der Waals surface area (Å²) in [4.78, 5) is 20.7. The highest BCUT2D eigenvalue weighted by Crippen LogP contribution is 2.22. The van der Waals surface area contributed by atoms with Gasteiger partial charge < -0.3 is 10.6 Å². The number of nitrogens with one attached hydrogen (secondary N) is 2. The van der Waals surface area contributed by atoms with E-state index >= 15 is 0 Å². The normalized spacial score (nSPS) is 18.6. The van der Waals surface area contributed by atoms with Gasteiger partial charge in [-0.1, -0.05) is 23.7 Å². The minimum Gasteiger partial charge on any atom is -0.316 e. The molecular formula is C15H17ClN4O. The molecule has 1 aliphatic heterocycles. The zero-order valence-corrected chi connectivity index (χ0v) is 12.4. The number of nitrogens with zero attached hydrogens (tertiary/aromatic N) is 2. The second-order valence-electron chi connectivity index (χ2n) is 5.32. The van der Waals surface area contributed by atoms with Crippen molar-refractivity contribution in [3.05, 3.63) is 29.4 Å². The minimum atomic E-state index is -0.0600. The molecule has 1 atom stereocenters. The first-order valence-electron chi connectivity index (χ1n) is 7.15. The van der Waals surface area contributed by atoms with Crippen LogP contribution in [0.2, 0.25) is 5.15 Å². The maximum absolute atomic E-state index is 12.1. The molecule has 0 bridgehead atoms. The van der Waals surface area contributed by atoms with Crippen molar-refractivity contribution in [2.24, 2.45) is 5.92 Å². The number of benzene rings is 1. The Labute approximate surface area is 128 Å². The van der Waals surface area contributed by atoms with E-state index in [1.165, 1.54) is 0 Å². The SMILES string of the molecule is O=C(CC1CCCNC1)Nc1nc2ccccc2nc1Cl. The van der Waals surface area contributed by atoms with E-state index in [1.807, 2.05) is 24.3 Å². The lowest BCUT2D eigenvalue weighted by atomic mass is 9.96. The first-order chi connectivity index (χ1) is 10.2. The van der Waals surface area contributed by atoms with Gasteiger partial charge >= 0.3 is 0 Å². The molecule has 0 radical (unpaired) electrons. The highest BCUT2D eigenvalue weighted by atomic mass is 35.5. The van der Waals surface area contributed by atoms with Crippen LogP contribution in [0.25, 0.3) is 11.0 Å². The van der Waals surface area contributed by atoms with Crippen molar-refractivity contribution in [2.45, 2.75) is 19.3 Å². The average molecular weight is 305 g/mol. The molecule has 1 aliphatic rings. The Kier molecular flexibility index (Phi) is 4.31. The Hall–Kier alpha value is -1.72. The van der Waals surface area contributed by atoms with E-state index in [2.05, 4.69) is 20.6 Å². The molecule has 1 unspecified atom stereocenters. The summed E-state index contributed by atoms with van der Waals surface area (Å²) in [5.41, 5.74) is 1.44. The van der Waals surface area contributed by atoms with E-state index in [0.29, 0.717) is 18.2 Å². The predicted octanol–water partition coefficient (Wildman–Crippen LogP) is 2.61. The number of fused-ring (bicyclic) bond motifs is 1. The van der Waals surface area contributed by atoms with Crippen LogP contribution < -0.4 is 10.6 Å². The number of hydrogen-bond donors (Lipinski definition) is 2. The first kappa shape index (κ1) is 14.2. The van der Waals surface area contributed by atoms with Crippen LogP contribution in [0.5, 0.6) is 0 Å². The Balaban J connectivity index is 1.71. The number of rotatable bonds is 3. The Morgan fingerprint density at radius 3 is 2.81 bits per heavy atom. The summed E-state index contributed by atoms with van der Waals surface area (Å²) >= 11 is 6.09. The smallest absolute Gasteiger partial charge is 0.225 e. The number of carbonyl (C=O) groups excluding carboxylic acids is 1. The van der Waals surface area contributed by atoms with Gasteiger partial charge in [0.15, 0.2) is 11.0 Å². The van der Waals surface area contributed by atoms with Crippen molar-refractivity contribution in [1.82, 2.24) is 15.3 Å². The number of para-hydroxylation sites is 2. The first-order valence-corrected chi connectivity index (χ1v) is 7.53. The topological polar surface area (TPSA) is 66.9 Å². The van der Waals surface area contributed by atoms with Crippen molar-refractivity contribution in [3.63, 3.8) is 0 Å². The van der Waals surface area contributed by atoms with E-state index in [1.54, 1.807) is 0 Å². The predicted molar refractivity (Wildman–Crippen MR) is 83.4 cm³/mol. The largest absolute Gasteiger partial charge is 0.316 e. The van der Waals surface area contributed by atoms with Crippen LogP contribution >= 0.6 is 11.6 Å². The van der Waals surface area contributed by atoms with Gasteiger partial charge in [-0.3, -0.25) is 4.79 Å². The van der Waals surface area contributed by atoms with Gasteiger partial charge in [0, 0.05) is 6.42 Å². The molecule has 2 aromatic rings. The number of anilines is 1. The maximum Gasteiger partial charge on any atom is 0.225 e. The third-order valence-corrected chi connectivity index (χ3v) is 3.92. The van der Waals surface area contributed by atoms with Gasteiger partial charge in [0.2, 0.25) is 5.91 Å². The molecule has 1 fully saturated rings. The van der Waals surface area contributed by atoms with Gasteiger partial charge in [0.05, 0.1) is 11.0 Å². The fourth-order valence-electron chi connectivity index (χ4n) is 2.60. The minimum absolute atomic E-state index is 0.0600. The monoisotopic (exact) mass is 304 g/mol. The van der Waals surface area contributed by atoms with Crippen molar-refractivity contribution in [3.8, 4) is 0 Å². The Morgan fingerprint density at radius 2 is 2.10 bits per heavy atom. The summed E-state index contributed by atoms with van der Waals surface area (Å²) < 4.78 is 0. The van der Waals surface area contributed by atoms with Crippen LogP contribution in [0.15, 0.2) is 24.3 Å². The maximum atomic E-state index is 12.1. The molecule has 6 heteroatoms. The molecule has 1 aromatic carbocycles. The lowest BCUT2D eigenvalue weighted by Crippen LogP contribution is -2.32. The fourth-order valence-corrected chi connectivity index (χ4v) is 2.78. The number of hydrogen-bond acceptors (Lipinski definition) is 4. The number of amides is 1. The number of piperidine rings is 1. The van der Waals surface area contributed by atoms with Crippen LogP contribution in [0, 0.1) is 5.92 Å². The van der Waals surface area contributed by atoms with Crippen molar-refractivity contribution < 1.29 is 4.79 Å². The third-order valence-electron chi connectivity index (χ3n) is 3.66. The van der Waals surface area contributed by atoms with E-state index < -0.39 is 0 Å². The highest BCUT2D eigenvalue weighted by Gasteiger charge is 2.18. The zero-order valence-electron chi connectivity index (χ0n) is 11.6. The zero-order chi connectivity index (χ0) is 14.7. The lowest BCUT2D eigenvalue weighted by molar-refractivity contribution is -0.117. The molecule has 1 saturated heterocycles. The van der Waals surface area contributed by atoms with Gasteiger partial charge in [0.1, 0.15) is 0 Å². The number of carbonyl (C=O) groups is 1. The van der Waals surface area contributed by atoms with Gasteiger partial charge in [0.25, 0.3) is 0 Å². The molecule has 2 N–H and O–H groups in total. The summed E-state index contributed by atoms with van der Waals surface area (Å²) in [6.45, 7) is 1.94. The number of aromatic nitrogens is 2. The second-order valence-corrected chi connectivity index (χ2v) is 5.67. The van der Waals surface area contributed by atoms with E-state index in [4.69, 9.17) is 11.6 Å². The molecule has 21 heavy (non-hydrogen) atoms. The summed E-state index contributed by atoms with van der Waals surface area (Å²) in [6.07, 6.45) is 2.68. The second kappa shape index (κ2) is 6.37. The van der Waals surface area contributed by atoms with Crippen LogP contribution in [0.4, 0.5) is 5.82 Å². The molecule has 1 amide bonds. The van der Waals surface area contributed by atoms with Gasteiger partial charge in [-0.05, 0) is 44.0 Å². The fraction of sp³-hybridized carbons (Fsp3) is 0.400. The summed E-state index contributed by atoms with van der Waals surface area (Å²) in [7, 11) is 0. The van der Waals surface area contributed by atoms with Gasteiger partial charge in [-0.15, -0.1) is 0 Å². The lowest BCUT2D eigenvalue weighted by Gasteiger charge is -2.22.